The third-order valence-electron chi connectivity index (χ3n) is 8.38. The van der Waals surface area contributed by atoms with Gasteiger partial charge in [-0.2, -0.15) is 23.5 Å². The summed E-state index contributed by atoms with van der Waals surface area (Å²) in [5, 5.41) is 3.19. The van der Waals surface area contributed by atoms with Gasteiger partial charge in [0.05, 0.1) is 16.1 Å². The highest BCUT2D eigenvalue weighted by atomic mass is 32.2. The molecule has 10 heteroatoms. The topological polar surface area (TPSA) is 59.1 Å². The predicted molar refractivity (Wildman–Crippen MR) is 219 cm³/mol. The van der Waals surface area contributed by atoms with Crippen LogP contribution in [0.25, 0.3) is 0 Å². The van der Waals surface area contributed by atoms with Gasteiger partial charge >= 0.3 is 12.2 Å². The molecule has 0 bridgehead atoms. The summed E-state index contributed by atoms with van der Waals surface area (Å²) in [6.45, 7) is 34.3. The summed E-state index contributed by atoms with van der Waals surface area (Å²) in [4.78, 5) is 29.0. The minimum absolute atomic E-state index is 0.110. The van der Waals surface area contributed by atoms with Crippen molar-refractivity contribution in [2.24, 2.45) is 0 Å². The third-order valence-corrected chi connectivity index (χ3v) is 14.4. The van der Waals surface area contributed by atoms with Crippen LogP contribution in [0.4, 0.5) is 9.59 Å². The zero-order valence-electron chi connectivity index (χ0n) is 33.3. The van der Waals surface area contributed by atoms with Gasteiger partial charge in [-0.15, -0.1) is 0 Å². The maximum atomic E-state index is 12.7. The number of ether oxygens (including phenoxy) is 2. The van der Waals surface area contributed by atoms with Gasteiger partial charge in [0, 0.05) is 45.8 Å². The lowest BCUT2D eigenvalue weighted by Gasteiger charge is -2.30. The Kier molecular flexibility index (Phi) is 17.4. The summed E-state index contributed by atoms with van der Waals surface area (Å²) in [7, 11) is -2.93. The van der Waals surface area contributed by atoms with Crippen LogP contribution in [0.15, 0.2) is 36.4 Å². The van der Waals surface area contributed by atoms with Gasteiger partial charge in [-0.25, -0.2) is 9.59 Å². The summed E-state index contributed by atoms with van der Waals surface area (Å²) in [5.41, 5.74) is 2.18. The molecular weight excluding hydrogens is 669 g/mol. The van der Waals surface area contributed by atoms with Gasteiger partial charge in [0.1, 0.15) is 11.5 Å². The third kappa shape index (κ3) is 12.8. The summed E-state index contributed by atoms with van der Waals surface area (Å²) < 4.78 is 11.8. The first-order valence-electron chi connectivity index (χ1n) is 17.3. The number of thioether (sulfide) groups is 2. The molecule has 0 aliphatic heterocycles. The fourth-order valence-corrected chi connectivity index (χ4v) is 8.63. The highest BCUT2D eigenvalue weighted by molar-refractivity contribution is 7.99. The predicted octanol–water partition coefficient (Wildman–Crippen LogP) is 10.5. The molecule has 0 N–H and O–H groups in total. The minimum Gasteiger partial charge on any atom is -0.410 e. The molecule has 0 spiro atoms. The van der Waals surface area contributed by atoms with Gasteiger partial charge in [0.25, 0.3) is 0 Å². The molecule has 2 amide bonds. The van der Waals surface area contributed by atoms with E-state index >= 15 is 0 Å². The molecule has 0 radical (unpaired) electrons. The van der Waals surface area contributed by atoms with Crippen molar-refractivity contribution in [1.29, 1.82) is 0 Å². The Morgan fingerprint density at radius 2 is 0.812 bits per heavy atom. The summed E-state index contributed by atoms with van der Waals surface area (Å²) >= 11 is 3.52. The molecule has 0 aliphatic rings. The van der Waals surface area contributed by atoms with Crippen LogP contribution in [-0.2, 0) is 0 Å². The standard InChI is InChI=1S/2C19H33NO2SSi/c2*1-13(2)20(14(3)4)19(21)22-18-12-16(24(7,8)9)10-11-17(18)15(5)23-6/h2*10-15H,1-9H3/t2*15-/m00/s1. The highest BCUT2D eigenvalue weighted by Gasteiger charge is 2.27. The van der Waals surface area contributed by atoms with E-state index in [2.05, 4.69) is 102 Å². The molecule has 2 aromatic rings. The lowest BCUT2D eigenvalue weighted by molar-refractivity contribution is 0.121. The summed E-state index contributed by atoms with van der Waals surface area (Å²) in [5.74, 6) is 1.43. The maximum Gasteiger partial charge on any atom is 0.415 e. The van der Waals surface area contributed by atoms with E-state index in [-0.39, 0.29) is 46.9 Å². The molecule has 48 heavy (non-hydrogen) atoms. The Morgan fingerprint density at radius 1 is 0.542 bits per heavy atom. The Hall–Kier alpha value is -1.89. The van der Waals surface area contributed by atoms with Gasteiger partial charge in [-0.1, -0.05) is 73.9 Å². The number of carbonyl (C=O) groups excluding carboxylic acids is 2. The van der Waals surface area contributed by atoms with E-state index in [0.29, 0.717) is 11.5 Å². The zero-order chi connectivity index (χ0) is 37.3. The Labute approximate surface area is 304 Å². The molecule has 0 aliphatic carbocycles. The number of carbonyl (C=O) groups is 2. The van der Waals surface area contributed by atoms with Crippen LogP contribution in [0.5, 0.6) is 11.5 Å². The van der Waals surface area contributed by atoms with Crippen molar-refractivity contribution in [3.63, 3.8) is 0 Å². The minimum atomic E-state index is -1.47. The molecular formula is C38H66N2O4S2Si2. The molecule has 0 aromatic heterocycles. The van der Waals surface area contributed by atoms with E-state index in [9.17, 15) is 9.59 Å². The molecule has 0 saturated carbocycles. The number of hydrogen-bond acceptors (Lipinski definition) is 6. The van der Waals surface area contributed by atoms with E-state index in [4.69, 9.17) is 9.47 Å². The Bertz CT molecular complexity index is 1220. The molecule has 0 saturated heterocycles. The van der Waals surface area contributed by atoms with E-state index in [1.807, 2.05) is 55.4 Å². The van der Waals surface area contributed by atoms with E-state index in [1.165, 1.54) is 10.4 Å². The molecule has 0 fully saturated rings. The second-order valence-electron chi connectivity index (χ2n) is 15.7. The van der Waals surface area contributed by atoms with Crippen molar-refractivity contribution >= 4 is 62.2 Å². The molecule has 2 rings (SSSR count). The second kappa shape index (κ2) is 18.9. The van der Waals surface area contributed by atoms with E-state index < -0.39 is 16.1 Å². The van der Waals surface area contributed by atoms with Crippen LogP contribution in [0.1, 0.15) is 90.9 Å². The van der Waals surface area contributed by atoms with Gasteiger partial charge in [-0.05, 0) is 93.9 Å². The smallest absolute Gasteiger partial charge is 0.410 e. The van der Waals surface area contributed by atoms with Crippen molar-refractivity contribution in [1.82, 2.24) is 9.80 Å². The van der Waals surface area contributed by atoms with Crippen molar-refractivity contribution in [3.8, 4) is 11.5 Å². The first kappa shape index (κ1) is 44.1. The molecule has 272 valence electrons. The van der Waals surface area contributed by atoms with Gasteiger partial charge in [0.15, 0.2) is 0 Å². The number of rotatable bonds is 12. The normalized spacial score (nSPS) is 13.3. The highest BCUT2D eigenvalue weighted by Crippen LogP contribution is 2.35. The van der Waals surface area contributed by atoms with Gasteiger partial charge in [0.2, 0.25) is 0 Å². The Balaban J connectivity index is 0.000000480. The number of amides is 2. The zero-order valence-corrected chi connectivity index (χ0v) is 36.9. The van der Waals surface area contributed by atoms with Crippen molar-refractivity contribution in [2.75, 3.05) is 12.5 Å². The van der Waals surface area contributed by atoms with Crippen molar-refractivity contribution < 1.29 is 19.1 Å². The maximum absolute atomic E-state index is 12.7. The van der Waals surface area contributed by atoms with Crippen LogP contribution in [0, 0.1) is 0 Å². The van der Waals surface area contributed by atoms with Gasteiger partial charge in [-0.3, -0.25) is 0 Å². The second-order valence-corrected chi connectivity index (χ2v) is 28.2. The first-order valence-corrected chi connectivity index (χ1v) is 26.9. The molecule has 6 nitrogen and oxygen atoms in total. The van der Waals surface area contributed by atoms with E-state index in [0.717, 1.165) is 11.1 Å². The lowest BCUT2D eigenvalue weighted by atomic mass is 10.1. The fraction of sp³-hybridized carbons (Fsp3) is 0.632. The monoisotopic (exact) mass is 734 g/mol. The van der Waals surface area contributed by atoms with E-state index in [1.54, 1.807) is 33.3 Å². The fourth-order valence-electron chi connectivity index (χ4n) is 5.43. The molecule has 0 unspecified atom stereocenters. The van der Waals surface area contributed by atoms with Crippen LogP contribution >= 0.6 is 23.5 Å². The SMILES string of the molecule is CS[C@@H](C)c1ccc([Si](C)(C)C)cc1OC(=O)N(C(C)C)C(C)C.CS[C@@H](C)c1ccc([Si](C)(C)C)cc1OC(=O)N(C(C)C)C(C)C. The molecule has 0 heterocycles. The van der Waals surface area contributed by atoms with Crippen LogP contribution in [0.3, 0.4) is 0 Å². The first-order chi connectivity index (χ1) is 22.0. The summed E-state index contributed by atoms with van der Waals surface area (Å²) in [6.07, 6.45) is 3.64. The quantitative estimate of drug-likeness (QED) is 0.202. The Morgan fingerprint density at radius 3 is 1.02 bits per heavy atom. The molecule has 2 atom stereocenters. The largest absolute Gasteiger partial charge is 0.415 e. The van der Waals surface area contributed by atoms with Gasteiger partial charge < -0.3 is 19.3 Å². The van der Waals surface area contributed by atoms with Crippen LogP contribution in [-0.4, -0.2) is 74.8 Å². The lowest BCUT2D eigenvalue weighted by Crippen LogP contribution is -2.44. The summed E-state index contributed by atoms with van der Waals surface area (Å²) in [6, 6.07) is 13.3. The average Bonchev–Trinajstić information content (AvgIpc) is 2.94. The number of nitrogens with zero attached hydrogens (tertiary/aromatic N) is 2. The van der Waals surface area contributed by atoms with Crippen molar-refractivity contribution in [2.45, 2.75) is 143 Å². The van der Waals surface area contributed by atoms with Crippen LogP contribution < -0.4 is 19.8 Å². The number of benzene rings is 2. The van der Waals surface area contributed by atoms with Crippen molar-refractivity contribution in [3.05, 3.63) is 47.5 Å². The van der Waals surface area contributed by atoms with Crippen LogP contribution in [0.2, 0.25) is 39.3 Å². The average molecular weight is 735 g/mol. The molecule has 2 aromatic carbocycles. The number of hydrogen-bond donors (Lipinski definition) is 0.